The van der Waals surface area contributed by atoms with Crippen LogP contribution in [-0.4, -0.2) is 21.3 Å². The predicted molar refractivity (Wildman–Crippen MR) is 118 cm³/mol. The number of nitrogens with one attached hydrogen (secondary N) is 1. The molecule has 4 nitrogen and oxygen atoms in total. The first-order valence-electron chi connectivity index (χ1n) is 9.80. The highest BCUT2D eigenvalue weighted by molar-refractivity contribution is 8.26. The Morgan fingerprint density at radius 3 is 2.61 bits per heavy atom. The van der Waals surface area contributed by atoms with Gasteiger partial charge in [0.15, 0.2) is 0 Å². The lowest BCUT2D eigenvalue weighted by molar-refractivity contribution is -0.137. The highest BCUT2D eigenvalue weighted by Crippen LogP contribution is 2.37. The van der Waals surface area contributed by atoms with Crippen LogP contribution < -0.4 is 10.1 Å². The van der Waals surface area contributed by atoms with Gasteiger partial charge in [-0.2, -0.15) is 13.2 Å². The molecule has 1 aliphatic carbocycles. The first-order valence-corrected chi connectivity index (χ1v) is 11.0. The number of carbonyl (C=O) groups excluding carboxylic acids is 1. The number of pyridine rings is 1. The van der Waals surface area contributed by atoms with E-state index >= 15 is 0 Å². The lowest BCUT2D eigenvalue weighted by atomic mass is 10.0. The van der Waals surface area contributed by atoms with Gasteiger partial charge in [0, 0.05) is 11.8 Å². The summed E-state index contributed by atoms with van der Waals surface area (Å²) in [5.41, 5.74) is 1.25. The molecule has 0 unspecified atom stereocenters. The number of halogens is 3. The molecule has 1 saturated heterocycles. The van der Waals surface area contributed by atoms with Crippen LogP contribution in [0.15, 0.2) is 41.4 Å². The van der Waals surface area contributed by atoms with Crippen molar-refractivity contribution in [3.63, 3.8) is 0 Å². The van der Waals surface area contributed by atoms with Crippen LogP contribution in [0, 0.1) is 0 Å². The minimum Gasteiger partial charge on any atom is -0.490 e. The lowest BCUT2D eigenvalue weighted by Crippen LogP contribution is -2.18. The Kier molecular flexibility index (Phi) is 6.07. The van der Waals surface area contributed by atoms with Gasteiger partial charge in [-0.1, -0.05) is 24.0 Å². The summed E-state index contributed by atoms with van der Waals surface area (Å²) in [6, 6.07) is 7.20. The summed E-state index contributed by atoms with van der Waals surface area (Å²) < 4.78 is 46.1. The number of alkyl halides is 3. The third-order valence-electron chi connectivity index (χ3n) is 5.28. The SMILES string of the molecule is C/C(=C1/SC(=S)NC1=O)c1cc(OC2CCCC2)cc(-c2cc(C(F)(F)F)ccn2)c1. The fourth-order valence-electron chi connectivity index (χ4n) is 3.69. The van der Waals surface area contributed by atoms with Gasteiger partial charge < -0.3 is 10.1 Å². The Morgan fingerprint density at radius 1 is 1.23 bits per heavy atom. The number of aromatic nitrogens is 1. The van der Waals surface area contributed by atoms with E-state index in [1.165, 1.54) is 11.8 Å². The van der Waals surface area contributed by atoms with Crippen molar-refractivity contribution < 1.29 is 22.7 Å². The molecule has 0 radical (unpaired) electrons. The van der Waals surface area contributed by atoms with Crippen molar-refractivity contribution >= 4 is 39.8 Å². The smallest absolute Gasteiger partial charge is 0.416 e. The highest BCUT2D eigenvalue weighted by atomic mass is 32.2. The number of ether oxygens (including phenoxy) is 1. The molecule has 1 aromatic carbocycles. The summed E-state index contributed by atoms with van der Waals surface area (Å²) in [7, 11) is 0. The van der Waals surface area contributed by atoms with Crippen LogP contribution in [-0.2, 0) is 11.0 Å². The molecule has 2 aliphatic rings. The van der Waals surface area contributed by atoms with Gasteiger partial charge in [-0.3, -0.25) is 9.78 Å². The number of allylic oxidation sites excluding steroid dienone is 1. The van der Waals surface area contributed by atoms with Gasteiger partial charge in [-0.05, 0) is 74.1 Å². The van der Waals surface area contributed by atoms with Crippen LogP contribution in [0.2, 0.25) is 0 Å². The highest BCUT2D eigenvalue weighted by Gasteiger charge is 2.31. The summed E-state index contributed by atoms with van der Waals surface area (Å²) in [5.74, 6) is 0.262. The quantitative estimate of drug-likeness (QED) is 0.446. The molecule has 1 N–H and O–H groups in total. The van der Waals surface area contributed by atoms with Crippen molar-refractivity contribution in [3.8, 4) is 17.0 Å². The fraction of sp³-hybridized carbons (Fsp3) is 0.318. The summed E-state index contributed by atoms with van der Waals surface area (Å²) in [6.45, 7) is 1.79. The average molecular weight is 465 g/mol. The molecule has 0 atom stereocenters. The number of thiocarbonyl (C=S) groups is 1. The molecule has 1 saturated carbocycles. The van der Waals surface area contributed by atoms with E-state index < -0.39 is 11.7 Å². The van der Waals surface area contributed by atoms with Gasteiger partial charge in [-0.25, -0.2) is 0 Å². The van der Waals surface area contributed by atoms with Crippen molar-refractivity contribution in [2.45, 2.75) is 44.9 Å². The third kappa shape index (κ3) is 4.93. The molecular formula is C22H19F3N2O2S2. The zero-order chi connectivity index (χ0) is 22.2. The zero-order valence-corrected chi connectivity index (χ0v) is 18.2. The molecule has 31 heavy (non-hydrogen) atoms. The minimum absolute atomic E-state index is 0.0715. The minimum atomic E-state index is -4.47. The summed E-state index contributed by atoms with van der Waals surface area (Å²) in [6.07, 6.45) is 0.800. The van der Waals surface area contributed by atoms with Crippen LogP contribution in [0.5, 0.6) is 5.75 Å². The van der Waals surface area contributed by atoms with E-state index in [0.717, 1.165) is 44.0 Å². The molecule has 4 rings (SSSR count). The van der Waals surface area contributed by atoms with Crippen LogP contribution in [0.3, 0.4) is 0 Å². The second-order valence-electron chi connectivity index (χ2n) is 7.50. The standard InChI is InChI=1S/C22H19F3N2O2S2/c1-12(19-20(28)27-21(30)31-19)13-8-14(10-17(9-13)29-16-4-2-3-5-16)18-11-15(6-7-26-18)22(23,24)25/h6-11,16H,2-5H2,1H3,(H,27,28,30)/b19-12-. The Hall–Kier alpha value is -2.39. The zero-order valence-electron chi connectivity index (χ0n) is 16.6. The number of thioether (sulfide) groups is 1. The second-order valence-corrected chi connectivity index (χ2v) is 9.18. The summed E-state index contributed by atoms with van der Waals surface area (Å²) >= 11 is 6.24. The number of rotatable bonds is 4. The number of hydrogen-bond acceptors (Lipinski definition) is 5. The molecule has 2 aromatic rings. The van der Waals surface area contributed by atoms with Gasteiger partial charge in [0.2, 0.25) is 0 Å². The Morgan fingerprint density at radius 2 is 1.97 bits per heavy atom. The number of nitrogens with zero attached hydrogens (tertiary/aromatic N) is 1. The lowest BCUT2D eigenvalue weighted by Gasteiger charge is -2.17. The van der Waals surface area contributed by atoms with E-state index in [9.17, 15) is 18.0 Å². The van der Waals surface area contributed by atoms with Crippen molar-refractivity contribution in [3.05, 3.63) is 52.6 Å². The molecule has 1 amide bonds. The van der Waals surface area contributed by atoms with Gasteiger partial charge in [-0.15, -0.1) is 0 Å². The van der Waals surface area contributed by atoms with Crippen LogP contribution in [0.4, 0.5) is 13.2 Å². The monoisotopic (exact) mass is 464 g/mol. The third-order valence-corrected chi connectivity index (χ3v) is 6.62. The van der Waals surface area contributed by atoms with E-state index in [-0.39, 0.29) is 17.7 Å². The van der Waals surface area contributed by atoms with Crippen molar-refractivity contribution in [1.29, 1.82) is 0 Å². The maximum absolute atomic E-state index is 13.2. The van der Waals surface area contributed by atoms with Crippen molar-refractivity contribution in [2.75, 3.05) is 0 Å². The van der Waals surface area contributed by atoms with Crippen LogP contribution in [0.1, 0.15) is 43.7 Å². The topological polar surface area (TPSA) is 51.2 Å². The van der Waals surface area contributed by atoms with Crippen LogP contribution >= 0.6 is 24.0 Å². The van der Waals surface area contributed by atoms with E-state index in [4.69, 9.17) is 17.0 Å². The molecule has 162 valence electrons. The molecule has 0 spiro atoms. The molecule has 1 aliphatic heterocycles. The summed E-state index contributed by atoms with van der Waals surface area (Å²) in [5, 5.41) is 2.59. The molecule has 9 heteroatoms. The first kappa shape index (κ1) is 21.8. The maximum atomic E-state index is 13.2. The number of amides is 1. The number of benzene rings is 1. The fourth-order valence-corrected chi connectivity index (χ4v) is 4.77. The Bertz CT molecular complexity index is 1080. The normalized spacial score (nSPS) is 19.0. The average Bonchev–Trinajstić information content (AvgIpc) is 3.35. The molecule has 2 fully saturated rings. The van der Waals surface area contributed by atoms with Gasteiger partial charge in [0.05, 0.1) is 22.3 Å². The van der Waals surface area contributed by atoms with E-state index in [1.807, 2.05) is 6.07 Å². The maximum Gasteiger partial charge on any atom is 0.416 e. The van der Waals surface area contributed by atoms with E-state index in [0.29, 0.717) is 31.7 Å². The Balaban J connectivity index is 1.80. The predicted octanol–water partition coefficient (Wildman–Crippen LogP) is 5.97. The summed E-state index contributed by atoms with van der Waals surface area (Å²) in [4.78, 5) is 16.8. The van der Waals surface area contributed by atoms with Crippen molar-refractivity contribution in [1.82, 2.24) is 10.3 Å². The van der Waals surface area contributed by atoms with Gasteiger partial charge in [0.1, 0.15) is 10.1 Å². The number of carbonyl (C=O) groups is 1. The first-order chi connectivity index (χ1) is 14.7. The van der Waals surface area contributed by atoms with Crippen LogP contribution in [0.25, 0.3) is 16.8 Å². The van der Waals surface area contributed by atoms with Gasteiger partial charge >= 0.3 is 6.18 Å². The van der Waals surface area contributed by atoms with E-state index in [2.05, 4.69) is 10.3 Å². The molecule has 2 heterocycles. The Labute approximate surface area is 187 Å². The molecular weight excluding hydrogens is 445 g/mol. The molecule has 0 bridgehead atoms. The largest absolute Gasteiger partial charge is 0.490 e. The van der Waals surface area contributed by atoms with Gasteiger partial charge in [0.25, 0.3) is 5.91 Å². The second kappa shape index (κ2) is 8.63. The van der Waals surface area contributed by atoms with Crippen molar-refractivity contribution in [2.24, 2.45) is 0 Å². The number of hydrogen-bond donors (Lipinski definition) is 1. The molecule has 1 aromatic heterocycles. The van der Waals surface area contributed by atoms with E-state index in [1.54, 1.807) is 19.1 Å².